The molecule has 0 atom stereocenters. The number of aliphatic hydroxyl groups is 2. The van der Waals surface area contributed by atoms with E-state index in [-0.39, 0.29) is 29.6 Å². The monoisotopic (exact) mass is 142 g/mol. The Morgan fingerprint density at radius 2 is 1.78 bits per heavy atom. The summed E-state index contributed by atoms with van der Waals surface area (Å²) in [6, 6.07) is 0. The zero-order valence-electron chi connectivity index (χ0n) is 5.30. The molecule has 0 unspecified atom stereocenters. The Morgan fingerprint density at radius 1 is 1.22 bits per heavy atom. The fourth-order valence-corrected chi connectivity index (χ4v) is 0.577. The Balaban J connectivity index is 0. The van der Waals surface area contributed by atoms with Crippen molar-refractivity contribution in [3.05, 3.63) is 0 Å². The molecule has 0 aliphatic rings. The van der Waals surface area contributed by atoms with Crippen LogP contribution in [0.3, 0.4) is 0 Å². The number of rotatable bonds is 4. The molecule has 0 heterocycles. The quantitative estimate of drug-likeness (QED) is 0.335. The molecule has 0 aromatic rings. The van der Waals surface area contributed by atoms with Gasteiger partial charge in [0.05, 0.1) is 0 Å². The molecule has 52 valence electrons. The van der Waals surface area contributed by atoms with Gasteiger partial charge in [0, 0.05) is 0 Å². The van der Waals surface area contributed by atoms with Gasteiger partial charge in [-0.05, 0) is 12.8 Å². The molecule has 0 saturated carbocycles. The van der Waals surface area contributed by atoms with Crippen molar-refractivity contribution in [2.75, 3.05) is 0 Å². The van der Waals surface area contributed by atoms with Crippen LogP contribution >= 0.6 is 0 Å². The van der Waals surface area contributed by atoms with Gasteiger partial charge in [-0.15, -0.1) is 0 Å². The summed E-state index contributed by atoms with van der Waals surface area (Å²) in [5.41, 5.74) is 0. The van der Waals surface area contributed by atoms with Crippen molar-refractivity contribution in [2.45, 2.75) is 38.9 Å². The second-order valence-corrected chi connectivity index (χ2v) is 1.98. The van der Waals surface area contributed by atoms with Crippen LogP contribution in [0.2, 0.25) is 0 Å². The van der Waals surface area contributed by atoms with E-state index in [9.17, 15) is 0 Å². The minimum atomic E-state index is -1.10. The molecule has 0 aliphatic carbocycles. The fraction of sp³-hybridized carbons (Fsp3) is 1.00. The van der Waals surface area contributed by atoms with Crippen LogP contribution in [-0.4, -0.2) is 46.1 Å². The third-order valence-corrected chi connectivity index (χ3v) is 1.07. The zero-order valence-corrected chi connectivity index (χ0v) is 5.30. The molecule has 0 bridgehead atoms. The molecule has 0 saturated heterocycles. The second kappa shape index (κ2) is 8.92. The Kier molecular flexibility index (Phi) is 12.5. The summed E-state index contributed by atoms with van der Waals surface area (Å²) in [4.78, 5) is 0. The van der Waals surface area contributed by atoms with E-state index in [4.69, 9.17) is 10.2 Å². The topological polar surface area (TPSA) is 40.5 Å². The third-order valence-electron chi connectivity index (χ3n) is 1.07. The van der Waals surface area contributed by atoms with Gasteiger partial charge in [-0.3, -0.25) is 0 Å². The van der Waals surface area contributed by atoms with Gasteiger partial charge in [-0.2, -0.15) is 0 Å². The SMILES string of the molecule is CCCCCC(O)O.[NaH]. The van der Waals surface area contributed by atoms with Gasteiger partial charge < -0.3 is 10.2 Å². The predicted octanol–water partition coefficient (Wildman–Crippen LogP) is 0.229. The van der Waals surface area contributed by atoms with Crippen LogP contribution in [0.5, 0.6) is 0 Å². The molecular weight excluding hydrogens is 127 g/mol. The number of hydrogen-bond acceptors (Lipinski definition) is 2. The molecule has 0 aromatic heterocycles. The van der Waals surface area contributed by atoms with Gasteiger partial charge >= 0.3 is 29.6 Å². The molecule has 3 heteroatoms. The van der Waals surface area contributed by atoms with Crippen molar-refractivity contribution < 1.29 is 10.2 Å². The number of aliphatic hydroxyl groups excluding tert-OH is 1. The van der Waals surface area contributed by atoms with Gasteiger partial charge in [0.2, 0.25) is 0 Å². The number of hydrogen-bond donors (Lipinski definition) is 2. The summed E-state index contributed by atoms with van der Waals surface area (Å²) in [6.45, 7) is 2.09. The molecule has 0 fully saturated rings. The summed E-state index contributed by atoms with van der Waals surface area (Å²) >= 11 is 0. The summed E-state index contributed by atoms with van der Waals surface area (Å²) in [5.74, 6) is 0. The van der Waals surface area contributed by atoms with E-state index in [1.807, 2.05) is 0 Å². The molecule has 0 amide bonds. The van der Waals surface area contributed by atoms with Crippen molar-refractivity contribution in [2.24, 2.45) is 0 Å². The van der Waals surface area contributed by atoms with Crippen LogP contribution in [0.15, 0.2) is 0 Å². The van der Waals surface area contributed by atoms with Crippen LogP contribution in [0.1, 0.15) is 32.6 Å². The molecular formula is C6H15NaO2. The molecule has 0 aliphatic heterocycles. The summed E-state index contributed by atoms with van der Waals surface area (Å²) < 4.78 is 0. The maximum atomic E-state index is 8.33. The standard InChI is InChI=1S/C6H14O2.Na.H/c1-2-3-4-5-6(7)8;;/h6-8H,2-5H2,1H3;;. The molecule has 2 N–H and O–H groups in total. The average Bonchev–Trinajstić information content (AvgIpc) is 1.66. The van der Waals surface area contributed by atoms with E-state index in [1.54, 1.807) is 0 Å². The van der Waals surface area contributed by atoms with Crippen LogP contribution in [0.25, 0.3) is 0 Å². The summed E-state index contributed by atoms with van der Waals surface area (Å²) in [5, 5.41) is 16.7. The van der Waals surface area contributed by atoms with Gasteiger partial charge in [0.15, 0.2) is 6.29 Å². The van der Waals surface area contributed by atoms with E-state index in [2.05, 4.69) is 6.92 Å². The Morgan fingerprint density at radius 3 is 2.11 bits per heavy atom. The van der Waals surface area contributed by atoms with Crippen molar-refractivity contribution in [1.29, 1.82) is 0 Å². The molecule has 0 spiro atoms. The van der Waals surface area contributed by atoms with E-state index in [0.29, 0.717) is 6.42 Å². The predicted molar refractivity (Wildman–Crippen MR) is 39.5 cm³/mol. The first-order valence-corrected chi connectivity index (χ1v) is 3.13. The first-order valence-electron chi connectivity index (χ1n) is 3.13. The second-order valence-electron chi connectivity index (χ2n) is 1.98. The Labute approximate surface area is 78.6 Å². The zero-order chi connectivity index (χ0) is 6.41. The Hall–Kier alpha value is 0.920. The summed E-state index contributed by atoms with van der Waals surface area (Å²) in [6.07, 6.45) is 2.58. The minimum absolute atomic E-state index is 0. The first-order chi connectivity index (χ1) is 3.77. The van der Waals surface area contributed by atoms with E-state index in [1.165, 1.54) is 0 Å². The van der Waals surface area contributed by atoms with E-state index >= 15 is 0 Å². The third kappa shape index (κ3) is 12.2. The van der Waals surface area contributed by atoms with Crippen molar-refractivity contribution in [3.8, 4) is 0 Å². The van der Waals surface area contributed by atoms with Gasteiger partial charge in [0.1, 0.15) is 0 Å². The van der Waals surface area contributed by atoms with E-state index in [0.717, 1.165) is 19.3 Å². The van der Waals surface area contributed by atoms with Gasteiger partial charge in [-0.1, -0.05) is 19.8 Å². The number of unbranched alkanes of at least 4 members (excludes halogenated alkanes) is 2. The fourth-order valence-electron chi connectivity index (χ4n) is 0.577. The molecule has 0 rings (SSSR count). The average molecular weight is 142 g/mol. The van der Waals surface area contributed by atoms with E-state index < -0.39 is 6.29 Å². The van der Waals surface area contributed by atoms with Crippen LogP contribution in [0, 0.1) is 0 Å². The van der Waals surface area contributed by atoms with Crippen LogP contribution < -0.4 is 0 Å². The first kappa shape index (κ1) is 12.6. The van der Waals surface area contributed by atoms with Gasteiger partial charge in [0.25, 0.3) is 0 Å². The molecule has 9 heavy (non-hydrogen) atoms. The normalized spacial score (nSPS) is 9.33. The van der Waals surface area contributed by atoms with Crippen LogP contribution in [0.4, 0.5) is 0 Å². The van der Waals surface area contributed by atoms with Crippen molar-refractivity contribution >= 4 is 29.6 Å². The maximum absolute atomic E-state index is 8.33. The van der Waals surface area contributed by atoms with Crippen molar-refractivity contribution in [1.82, 2.24) is 0 Å². The van der Waals surface area contributed by atoms with Crippen LogP contribution in [-0.2, 0) is 0 Å². The van der Waals surface area contributed by atoms with Gasteiger partial charge in [-0.25, -0.2) is 0 Å². The Bertz CT molecular complexity index is 48.3. The summed E-state index contributed by atoms with van der Waals surface area (Å²) in [7, 11) is 0. The molecule has 0 aromatic carbocycles. The molecule has 2 nitrogen and oxygen atoms in total. The van der Waals surface area contributed by atoms with Crippen molar-refractivity contribution in [3.63, 3.8) is 0 Å². The molecule has 0 radical (unpaired) electrons.